The Labute approximate surface area is 181 Å². The molecule has 1 aromatic heterocycles. The minimum absolute atomic E-state index is 0. The molecule has 0 aliphatic carbocycles. The second kappa shape index (κ2) is 10.5. The minimum atomic E-state index is -0.312. The van der Waals surface area contributed by atoms with Gasteiger partial charge >= 0.3 is 0 Å². The third kappa shape index (κ3) is 5.45. The molecule has 0 saturated carbocycles. The Morgan fingerprint density at radius 3 is 2.62 bits per heavy atom. The van der Waals surface area contributed by atoms with Crippen molar-refractivity contribution in [2.45, 2.75) is 19.4 Å². The van der Waals surface area contributed by atoms with Crippen LogP contribution in [0.2, 0.25) is 0 Å². The molecule has 158 valence electrons. The van der Waals surface area contributed by atoms with Crippen molar-refractivity contribution in [2.75, 3.05) is 19.0 Å². The Morgan fingerprint density at radius 2 is 2.00 bits per heavy atom. The van der Waals surface area contributed by atoms with E-state index < -0.39 is 0 Å². The van der Waals surface area contributed by atoms with Crippen LogP contribution < -0.4 is 11.1 Å². The average molecular weight is 443 g/mol. The molecule has 3 aromatic rings. The smallest absolute Gasteiger partial charge is 0.227 e. The van der Waals surface area contributed by atoms with Crippen LogP contribution >= 0.6 is 24.8 Å². The number of nitrogens with two attached hydrogens (primary N) is 1. The van der Waals surface area contributed by atoms with Gasteiger partial charge in [0, 0.05) is 38.0 Å². The lowest BCUT2D eigenvalue weighted by Gasteiger charge is -2.14. The van der Waals surface area contributed by atoms with Crippen LogP contribution in [0.1, 0.15) is 12.0 Å². The van der Waals surface area contributed by atoms with Crippen molar-refractivity contribution in [1.82, 2.24) is 9.55 Å². The molecule has 3 N–H and O–H groups in total. The van der Waals surface area contributed by atoms with Gasteiger partial charge in [0.2, 0.25) is 5.91 Å². The van der Waals surface area contributed by atoms with Crippen molar-refractivity contribution >= 4 is 47.4 Å². The third-order valence-electron chi connectivity index (χ3n) is 4.61. The highest BCUT2D eigenvalue weighted by Gasteiger charge is 2.14. The number of imidazole rings is 1. The predicted molar refractivity (Wildman–Crippen MR) is 118 cm³/mol. The zero-order valence-corrected chi connectivity index (χ0v) is 18.1. The van der Waals surface area contributed by atoms with Crippen LogP contribution in [0.15, 0.2) is 36.4 Å². The number of aryl methyl sites for hydroxylation is 2. The summed E-state index contributed by atoms with van der Waals surface area (Å²) in [5.74, 6) is 0.272. The normalized spacial score (nSPS) is 11.5. The van der Waals surface area contributed by atoms with Crippen LogP contribution in [0.25, 0.3) is 22.4 Å². The molecule has 29 heavy (non-hydrogen) atoms. The van der Waals surface area contributed by atoms with Crippen molar-refractivity contribution in [3.8, 4) is 11.4 Å². The van der Waals surface area contributed by atoms with Gasteiger partial charge in [-0.1, -0.05) is 0 Å². The molecule has 1 amide bonds. The fourth-order valence-electron chi connectivity index (χ4n) is 3.05. The summed E-state index contributed by atoms with van der Waals surface area (Å²) in [5.41, 5.74) is 9.53. The van der Waals surface area contributed by atoms with Crippen LogP contribution in [-0.2, 0) is 16.6 Å². The van der Waals surface area contributed by atoms with Gasteiger partial charge in [-0.3, -0.25) is 4.79 Å². The van der Waals surface area contributed by atoms with Crippen molar-refractivity contribution in [2.24, 2.45) is 12.8 Å². The Balaban J connectivity index is 0.00000210. The van der Waals surface area contributed by atoms with E-state index in [0.717, 1.165) is 28.2 Å². The van der Waals surface area contributed by atoms with E-state index in [1.54, 1.807) is 6.07 Å². The highest BCUT2D eigenvalue weighted by molar-refractivity contribution is 5.92. The maximum atomic E-state index is 13.5. The molecule has 2 aromatic carbocycles. The highest BCUT2D eigenvalue weighted by atomic mass is 35.5. The topological polar surface area (TPSA) is 82.2 Å². The molecule has 0 bridgehead atoms. The van der Waals surface area contributed by atoms with Crippen LogP contribution in [0, 0.1) is 12.7 Å². The van der Waals surface area contributed by atoms with Crippen LogP contribution in [-0.4, -0.2) is 35.2 Å². The number of fused-ring (bicyclic) bond motifs is 1. The number of aromatic nitrogens is 2. The number of amides is 1. The number of hydrogen-bond acceptors (Lipinski definition) is 4. The van der Waals surface area contributed by atoms with Crippen LogP contribution in [0.5, 0.6) is 0 Å². The predicted octanol–water partition coefficient (Wildman–Crippen LogP) is 3.83. The Bertz CT molecular complexity index is 990. The maximum Gasteiger partial charge on any atom is 0.227 e. The average Bonchev–Trinajstić information content (AvgIpc) is 2.97. The molecule has 0 fully saturated rings. The molecule has 0 radical (unpaired) electrons. The van der Waals surface area contributed by atoms with E-state index in [4.69, 9.17) is 10.5 Å². The number of hydrogen-bond donors (Lipinski definition) is 2. The summed E-state index contributed by atoms with van der Waals surface area (Å²) in [6, 6.07) is 10.2. The summed E-state index contributed by atoms with van der Waals surface area (Å²) in [6.45, 7) is 2.20. The summed E-state index contributed by atoms with van der Waals surface area (Å²) >= 11 is 0. The van der Waals surface area contributed by atoms with E-state index in [0.29, 0.717) is 5.52 Å². The number of nitrogens with zero attached hydrogens (tertiary/aromatic N) is 2. The third-order valence-corrected chi connectivity index (χ3v) is 4.61. The lowest BCUT2D eigenvalue weighted by Crippen LogP contribution is -2.28. The molecule has 1 unspecified atom stereocenters. The van der Waals surface area contributed by atoms with Gasteiger partial charge in [0.25, 0.3) is 0 Å². The fraction of sp³-hybridized carbons (Fsp3) is 0.300. The molecular weight excluding hydrogens is 418 g/mol. The number of methoxy groups -OCH3 is 1. The van der Waals surface area contributed by atoms with Crippen molar-refractivity contribution in [1.29, 1.82) is 0 Å². The van der Waals surface area contributed by atoms with Gasteiger partial charge in [-0.05, 0) is 42.8 Å². The van der Waals surface area contributed by atoms with E-state index in [1.807, 2.05) is 36.7 Å². The molecule has 3 rings (SSSR count). The van der Waals surface area contributed by atoms with Crippen molar-refractivity contribution in [3.63, 3.8) is 0 Å². The molecule has 6 nitrogen and oxygen atoms in total. The number of anilines is 1. The highest BCUT2D eigenvalue weighted by Crippen LogP contribution is 2.27. The quantitative estimate of drug-likeness (QED) is 0.607. The van der Waals surface area contributed by atoms with Gasteiger partial charge in [-0.25, -0.2) is 9.37 Å². The van der Waals surface area contributed by atoms with Gasteiger partial charge in [-0.2, -0.15) is 0 Å². The molecule has 0 aliphatic heterocycles. The summed E-state index contributed by atoms with van der Waals surface area (Å²) in [6.07, 6.45) is -0.102. The minimum Gasteiger partial charge on any atom is -0.380 e. The van der Waals surface area contributed by atoms with E-state index in [-0.39, 0.29) is 55.6 Å². The molecule has 0 saturated heterocycles. The van der Waals surface area contributed by atoms with Crippen molar-refractivity contribution < 1.29 is 13.9 Å². The zero-order valence-electron chi connectivity index (χ0n) is 16.4. The second-order valence-corrected chi connectivity index (χ2v) is 6.50. The van der Waals surface area contributed by atoms with Gasteiger partial charge < -0.3 is 20.4 Å². The SMILES string of the molecule is COC(CN)CC(=O)Nc1ccc(-c2nc3cc(F)ccc3n2C)cc1C.Cl.Cl. The number of nitrogens with one attached hydrogen (secondary N) is 1. The molecule has 9 heteroatoms. The number of ether oxygens (including phenoxy) is 1. The first-order valence-corrected chi connectivity index (χ1v) is 8.68. The monoisotopic (exact) mass is 442 g/mol. The van der Waals surface area contributed by atoms with Crippen LogP contribution in [0.4, 0.5) is 10.1 Å². The molecule has 1 heterocycles. The number of carbonyl (C=O) groups excluding carboxylic acids is 1. The van der Waals surface area contributed by atoms with E-state index in [9.17, 15) is 9.18 Å². The summed E-state index contributed by atoms with van der Waals surface area (Å²) in [7, 11) is 3.43. The summed E-state index contributed by atoms with van der Waals surface area (Å²) < 4.78 is 20.5. The second-order valence-electron chi connectivity index (χ2n) is 6.50. The number of halogens is 3. The van der Waals surface area contributed by atoms with Crippen molar-refractivity contribution in [3.05, 3.63) is 47.8 Å². The molecule has 1 atom stereocenters. The lowest BCUT2D eigenvalue weighted by molar-refractivity contribution is -0.118. The first kappa shape index (κ1) is 24.8. The standard InChI is InChI=1S/C20H23FN4O2.2ClH/c1-12-8-13(4-6-16(12)23-19(26)10-15(11-22)27-3)20-24-17-9-14(21)5-7-18(17)25(20)2;;/h4-9,15H,10-11,22H2,1-3H3,(H,23,26);2*1H. The fourth-order valence-corrected chi connectivity index (χ4v) is 3.05. The Morgan fingerprint density at radius 1 is 1.28 bits per heavy atom. The number of rotatable bonds is 6. The molecular formula is C20H25Cl2FN4O2. The van der Waals surface area contributed by atoms with Crippen LogP contribution in [0.3, 0.4) is 0 Å². The van der Waals surface area contributed by atoms with E-state index >= 15 is 0 Å². The van der Waals surface area contributed by atoms with E-state index in [2.05, 4.69) is 10.3 Å². The van der Waals surface area contributed by atoms with Gasteiger partial charge in [0.05, 0.1) is 23.6 Å². The van der Waals surface area contributed by atoms with Gasteiger partial charge in [-0.15, -0.1) is 24.8 Å². The summed E-state index contributed by atoms with van der Waals surface area (Å²) in [5, 5.41) is 2.89. The van der Waals surface area contributed by atoms with Gasteiger partial charge in [0.1, 0.15) is 11.6 Å². The maximum absolute atomic E-state index is 13.5. The first-order valence-electron chi connectivity index (χ1n) is 8.68. The number of carbonyl (C=O) groups is 1. The number of benzene rings is 2. The van der Waals surface area contributed by atoms with E-state index in [1.165, 1.54) is 19.2 Å². The lowest BCUT2D eigenvalue weighted by atomic mass is 10.1. The zero-order chi connectivity index (χ0) is 19.6. The Kier molecular flexibility index (Phi) is 9.04. The van der Waals surface area contributed by atoms with Gasteiger partial charge in [0.15, 0.2) is 0 Å². The first-order chi connectivity index (χ1) is 12.9. The summed E-state index contributed by atoms with van der Waals surface area (Å²) in [4.78, 5) is 16.7. The largest absolute Gasteiger partial charge is 0.380 e. The molecule has 0 spiro atoms. The Hall–Kier alpha value is -2.19. The molecule has 0 aliphatic rings.